The summed E-state index contributed by atoms with van der Waals surface area (Å²) in [4.78, 5) is 70.7. The van der Waals surface area contributed by atoms with Crippen LogP contribution in [0.4, 0.5) is 4.79 Å². The molecule has 15 nitrogen and oxygen atoms in total. The van der Waals surface area contributed by atoms with E-state index >= 15 is 0 Å². The maximum Gasteiger partial charge on any atom is 0.408 e. The number of ether oxygens (including phenoxy) is 2. The van der Waals surface area contributed by atoms with Crippen molar-refractivity contribution in [2.24, 2.45) is 11.7 Å². The Hall–Kier alpha value is -6.84. The fraction of sp³-hybridized carbons (Fsp3) is 0.289. The average molecular weight is 818 g/mol. The molecule has 5 rings (SSSR count). The van der Waals surface area contributed by atoms with Gasteiger partial charge >= 0.3 is 6.09 Å². The van der Waals surface area contributed by atoms with Gasteiger partial charge in [-0.25, -0.2) is 14.8 Å². The summed E-state index contributed by atoms with van der Waals surface area (Å²) >= 11 is 0. The predicted octanol–water partition coefficient (Wildman–Crippen LogP) is 3.79. The second kappa shape index (κ2) is 21.8. The Labute approximate surface area is 348 Å². The standard InChI is InChI=1S/C45H51N7O8/c1-29(2)41(50-45(58)60-28-32-14-8-5-9-15-32)44(57)51-52(26-31-18-21-34(59-3)22-19-31)27-39(53)37(24-30-12-6-4-7-13-30)48-43(56)38(25-40(46)54)49-42(55)36-23-20-33-16-10-11-17-35(33)47-36/h4-23,29,37-39,41,53H,24-28H2,1-3H3,(H2,46,54)(H,48,56)(H,49,55)(H,50,58)(H,51,57)/t37-,38-,39-,41?/m0/s1. The number of hydrazine groups is 1. The molecule has 1 heterocycles. The van der Waals surface area contributed by atoms with Crippen LogP contribution in [0.1, 0.15) is 47.4 Å². The Kier molecular flexibility index (Phi) is 16.1. The van der Waals surface area contributed by atoms with E-state index in [1.165, 1.54) is 11.1 Å². The zero-order valence-corrected chi connectivity index (χ0v) is 33.7. The van der Waals surface area contributed by atoms with Gasteiger partial charge in [-0.2, -0.15) is 0 Å². The van der Waals surface area contributed by atoms with Crippen LogP contribution in [0.3, 0.4) is 0 Å². The van der Waals surface area contributed by atoms with Crippen molar-refractivity contribution in [1.29, 1.82) is 0 Å². The van der Waals surface area contributed by atoms with Crippen molar-refractivity contribution in [2.45, 2.75) is 64.1 Å². The maximum absolute atomic E-state index is 14.0. The lowest BCUT2D eigenvalue weighted by atomic mass is 9.99. The Morgan fingerprint density at radius 1 is 0.750 bits per heavy atom. The van der Waals surface area contributed by atoms with Crippen molar-refractivity contribution < 1.29 is 38.6 Å². The van der Waals surface area contributed by atoms with Gasteiger partial charge < -0.3 is 36.3 Å². The first-order chi connectivity index (χ1) is 28.9. The highest BCUT2D eigenvalue weighted by atomic mass is 16.5. The van der Waals surface area contributed by atoms with Gasteiger partial charge in [0.05, 0.1) is 31.2 Å². The summed E-state index contributed by atoms with van der Waals surface area (Å²) in [5, 5.41) is 22.3. The van der Waals surface area contributed by atoms with Crippen molar-refractivity contribution in [3.8, 4) is 5.75 Å². The van der Waals surface area contributed by atoms with Gasteiger partial charge in [0.25, 0.3) is 11.8 Å². The van der Waals surface area contributed by atoms with E-state index in [0.717, 1.165) is 22.1 Å². The summed E-state index contributed by atoms with van der Waals surface area (Å²) in [5.41, 5.74) is 11.3. The van der Waals surface area contributed by atoms with Gasteiger partial charge in [0, 0.05) is 18.5 Å². The molecule has 0 aliphatic heterocycles. The number of nitrogens with one attached hydrogen (secondary N) is 4. The van der Waals surface area contributed by atoms with E-state index in [-0.39, 0.29) is 37.7 Å². The first-order valence-electron chi connectivity index (χ1n) is 19.5. The molecule has 0 saturated heterocycles. The lowest BCUT2D eigenvalue weighted by Gasteiger charge is -2.32. The number of primary amides is 1. The third-order valence-corrected chi connectivity index (χ3v) is 9.59. The molecule has 4 atom stereocenters. The number of fused-ring (bicyclic) bond motifs is 1. The summed E-state index contributed by atoms with van der Waals surface area (Å²) in [6.45, 7) is 3.43. The summed E-state index contributed by atoms with van der Waals surface area (Å²) in [6.07, 6.45) is -2.53. The number of alkyl carbamates (subject to hydrolysis) is 1. The van der Waals surface area contributed by atoms with Crippen LogP contribution in [-0.4, -0.2) is 82.7 Å². The Balaban J connectivity index is 1.36. The van der Waals surface area contributed by atoms with Gasteiger partial charge in [-0.15, -0.1) is 0 Å². The average Bonchev–Trinajstić information content (AvgIpc) is 3.24. The largest absolute Gasteiger partial charge is 0.497 e. The van der Waals surface area contributed by atoms with E-state index in [0.29, 0.717) is 11.3 Å². The maximum atomic E-state index is 14.0. The lowest BCUT2D eigenvalue weighted by Crippen LogP contribution is -2.59. The Bertz CT molecular complexity index is 2210. The van der Waals surface area contributed by atoms with Crippen molar-refractivity contribution in [2.75, 3.05) is 13.7 Å². The zero-order chi connectivity index (χ0) is 43.0. The van der Waals surface area contributed by atoms with E-state index < -0.39 is 60.4 Å². The molecule has 7 N–H and O–H groups in total. The predicted molar refractivity (Wildman–Crippen MR) is 225 cm³/mol. The summed E-state index contributed by atoms with van der Waals surface area (Å²) in [6, 6.07) is 32.3. The number of methoxy groups -OCH3 is 1. The van der Waals surface area contributed by atoms with Gasteiger partial charge in [0.1, 0.15) is 30.1 Å². The lowest BCUT2D eigenvalue weighted by molar-refractivity contribution is -0.131. The number of para-hydroxylation sites is 1. The van der Waals surface area contributed by atoms with Crippen LogP contribution in [0.5, 0.6) is 5.75 Å². The van der Waals surface area contributed by atoms with Gasteiger partial charge in [-0.3, -0.25) is 24.6 Å². The molecule has 1 aromatic heterocycles. The third kappa shape index (κ3) is 13.4. The van der Waals surface area contributed by atoms with Crippen molar-refractivity contribution in [1.82, 2.24) is 31.4 Å². The Morgan fingerprint density at radius 2 is 1.40 bits per heavy atom. The van der Waals surface area contributed by atoms with Crippen LogP contribution >= 0.6 is 0 Å². The van der Waals surface area contributed by atoms with Gasteiger partial charge in [0.15, 0.2) is 0 Å². The molecule has 0 spiro atoms. The monoisotopic (exact) mass is 817 g/mol. The fourth-order valence-electron chi connectivity index (χ4n) is 6.38. The first kappa shape index (κ1) is 44.3. The number of pyridine rings is 1. The molecule has 15 heteroatoms. The highest BCUT2D eigenvalue weighted by Crippen LogP contribution is 2.16. The molecule has 0 bridgehead atoms. The van der Waals surface area contributed by atoms with Gasteiger partial charge in [0.2, 0.25) is 11.8 Å². The van der Waals surface area contributed by atoms with E-state index in [2.05, 4.69) is 26.4 Å². The number of hydrogen-bond acceptors (Lipinski definition) is 10. The number of nitrogens with two attached hydrogens (primary N) is 1. The summed E-state index contributed by atoms with van der Waals surface area (Å²) in [5.74, 6) is -2.63. The topological polar surface area (TPSA) is 214 Å². The molecular weight excluding hydrogens is 767 g/mol. The molecule has 60 heavy (non-hydrogen) atoms. The highest BCUT2D eigenvalue weighted by molar-refractivity contribution is 5.99. The van der Waals surface area contributed by atoms with Crippen LogP contribution in [0.2, 0.25) is 0 Å². The van der Waals surface area contributed by atoms with Crippen molar-refractivity contribution in [3.63, 3.8) is 0 Å². The number of hydrogen-bond donors (Lipinski definition) is 6. The van der Waals surface area contributed by atoms with E-state index in [1.54, 1.807) is 63.4 Å². The smallest absolute Gasteiger partial charge is 0.408 e. The van der Waals surface area contributed by atoms with E-state index in [9.17, 15) is 29.1 Å². The normalized spacial score (nSPS) is 13.1. The molecule has 0 radical (unpaired) electrons. The van der Waals surface area contributed by atoms with Crippen LogP contribution in [0.25, 0.3) is 10.9 Å². The number of benzene rings is 4. The van der Waals surface area contributed by atoms with Crippen LogP contribution in [0, 0.1) is 5.92 Å². The van der Waals surface area contributed by atoms with Crippen molar-refractivity contribution >= 4 is 40.6 Å². The quantitative estimate of drug-likeness (QED) is 0.0626. The molecule has 5 aromatic rings. The van der Waals surface area contributed by atoms with Crippen molar-refractivity contribution in [3.05, 3.63) is 144 Å². The number of carbonyl (C=O) groups excluding carboxylic acids is 5. The van der Waals surface area contributed by atoms with Gasteiger partial charge in [-0.05, 0) is 53.3 Å². The second-order valence-electron chi connectivity index (χ2n) is 14.6. The first-order valence-corrected chi connectivity index (χ1v) is 19.5. The number of amides is 5. The second-order valence-corrected chi connectivity index (χ2v) is 14.6. The molecule has 1 unspecified atom stereocenters. The molecule has 0 aliphatic carbocycles. The SMILES string of the molecule is COc1ccc(CN(C[C@H](O)[C@H](Cc2ccccc2)NC(=O)[C@H](CC(N)=O)NC(=O)c2ccc3ccccc3n2)NC(=O)C(NC(=O)OCc2ccccc2)C(C)C)cc1. The number of carbonyl (C=O) groups is 5. The molecule has 0 saturated carbocycles. The van der Waals surface area contributed by atoms with E-state index in [4.69, 9.17) is 15.2 Å². The van der Waals surface area contributed by atoms with Crippen LogP contribution < -0.4 is 31.8 Å². The fourth-order valence-corrected chi connectivity index (χ4v) is 6.38. The summed E-state index contributed by atoms with van der Waals surface area (Å²) < 4.78 is 10.7. The molecular formula is C45H51N7O8. The van der Waals surface area contributed by atoms with E-state index in [1.807, 2.05) is 72.8 Å². The zero-order valence-electron chi connectivity index (χ0n) is 33.7. The highest BCUT2D eigenvalue weighted by Gasteiger charge is 2.32. The molecule has 4 aromatic carbocycles. The molecule has 314 valence electrons. The number of aromatic nitrogens is 1. The number of rotatable bonds is 20. The molecule has 5 amide bonds. The molecule has 0 aliphatic rings. The minimum absolute atomic E-state index is 0.00766. The summed E-state index contributed by atoms with van der Waals surface area (Å²) in [7, 11) is 1.54. The number of nitrogens with zero attached hydrogens (tertiary/aromatic N) is 2. The number of aliphatic hydroxyl groups excluding tert-OH is 1. The minimum atomic E-state index is -1.41. The van der Waals surface area contributed by atoms with Gasteiger partial charge in [-0.1, -0.05) is 111 Å². The third-order valence-electron chi connectivity index (χ3n) is 9.59. The van der Waals surface area contributed by atoms with Crippen LogP contribution in [0.15, 0.2) is 121 Å². The Morgan fingerprint density at radius 3 is 2.05 bits per heavy atom. The number of aliphatic hydroxyl groups is 1. The molecule has 0 fully saturated rings. The minimum Gasteiger partial charge on any atom is -0.497 e. The van der Waals surface area contributed by atoms with Crippen LogP contribution in [-0.2, 0) is 38.7 Å².